The molecule has 3 rings (SSSR count). The third-order valence-corrected chi connectivity index (χ3v) is 4.92. The first-order valence-corrected chi connectivity index (χ1v) is 7.40. The summed E-state index contributed by atoms with van der Waals surface area (Å²) >= 11 is 0. The average molecular weight is 268 g/mol. The molecule has 19 heavy (non-hydrogen) atoms. The molecule has 0 radical (unpaired) electrons. The van der Waals surface area contributed by atoms with Gasteiger partial charge in [-0.15, -0.1) is 0 Å². The van der Waals surface area contributed by atoms with Gasteiger partial charge in [0.1, 0.15) is 5.60 Å². The lowest BCUT2D eigenvalue weighted by atomic mass is 9.99. The quantitative estimate of drug-likeness (QED) is 0.817. The van der Waals surface area contributed by atoms with Crippen LogP contribution in [0.25, 0.3) is 0 Å². The average Bonchev–Trinajstić information content (AvgIpc) is 3.13. The van der Waals surface area contributed by atoms with Crippen molar-refractivity contribution >= 4 is 5.91 Å². The summed E-state index contributed by atoms with van der Waals surface area (Å²) in [6, 6.07) is 0. The first-order valence-electron chi connectivity index (χ1n) is 7.40. The Kier molecular flexibility index (Phi) is 3.78. The molecule has 108 valence electrons. The van der Waals surface area contributed by atoms with Crippen LogP contribution in [0.1, 0.15) is 32.1 Å². The van der Waals surface area contributed by atoms with Crippen molar-refractivity contribution in [3.63, 3.8) is 0 Å². The minimum atomic E-state index is -0.293. The third-order valence-electron chi connectivity index (χ3n) is 4.92. The third kappa shape index (κ3) is 2.51. The van der Waals surface area contributed by atoms with E-state index in [9.17, 15) is 4.79 Å². The van der Waals surface area contributed by atoms with Gasteiger partial charge in [-0.25, -0.2) is 0 Å². The summed E-state index contributed by atoms with van der Waals surface area (Å²) in [6.07, 6.45) is 6.15. The summed E-state index contributed by atoms with van der Waals surface area (Å²) in [5.41, 5.74) is -0.293. The second-order valence-electron chi connectivity index (χ2n) is 6.08. The molecule has 5 heteroatoms. The number of rotatable bonds is 4. The summed E-state index contributed by atoms with van der Waals surface area (Å²) < 4.78 is 11.1. The summed E-state index contributed by atoms with van der Waals surface area (Å²) in [6.45, 7) is 2.47. The van der Waals surface area contributed by atoms with E-state index in [0.717, 1.165) is 13.0 Å². The smallest absolute Gasteiger partial charge is 0.237 e. The minimum Gasteiger partial charge on any atom is -0.378 e. The predicted molar refractivity (Wildman–Crippen MR) is 70.6 cm³/mol. The van der Waals surface area contributed by atoms with E-state index in [2.05, 4.69) is 5.32 Å². The maximum absolute atomic E-state index is 12.2. The number of carbonyl (C=O) groups is 1. The summed E-state index contributed by atoms with van der Waals surface area (Å²) in [5, 5.41) is 3.39. The Morgan fingerprint density at radius 1 is 1.47 bits per heavy atom. The van der Waals surface area contributed by atoms with E-state index in [0.29, 0.717) is 25.6 Å². The van der Waals surface area contributed by atoms with E-state index < -0.39 is 0 Å². The van der Waals surface area contributed by atoms with Crippen LogP contribution in [0.4, 0.5) is 0 Å². The van der Waals surface area contributed by atoms with Crippen molar-refractivity contribution in [3.05, 3.63) is 0 Å². The fraction of sp³-hybridized carbons (Fsp3) is 0.929. The van der Waals surface area contributed by atoms with E-state index in [1.807, 2.05) is 4.90 Å². The molecule has 2 atom stereocenters. The second-order valence-corrected chi connectivity index (χ2v) is 6.08. The van der Waals surface area contributed by atoms with Gasteiger partial charge in [-0.05, 0) is 18.8 Å². The molecule has 0 aromatic carbocycles. The number of amides is 1. The van der Waals surface area contributed by atoms with Gasteiger partial charge in [0.05, 0.1) is 25.9 Å². The maximum Gasteiger partial charge on any atom is 0.237 e. The van der Waals surface area contributed by atoms with E-state index in [1.54, 1.807) is 7.11 Å². The van der Waals surface area contributed by atoms with Crippen molar-refractivity contribution in [2.45, 2.75) is 43.9 Å². The largest absolute Gasteiger partial charge is 0.378 e. The highest BCUT2D eigenvalue weighted by Crippen LogP contribution is 2.33. The highest BCUT2D eigenvalue weighted by molar-refractivity contribution is 5.80. The highest BCUT2D eigenvalue weighted by Gasteiger charge is 2.44. The van der Waals surface area contributed by atoms with Crippen LogP contribution in [0.5, 0.6) is 0 Å². The molecule has 1 saturated carbocycles. The van der Waals surface area contributed by atoms with Gasteiger partial charge < -0.3 is 14.4 Å². The SMILES string of the molecule is COC1(CN2C(=O)CNC2C2CCCC2)CCOC1. The van der Waals surface area contributed by atoms with Crippen molar-refractivity contribution in [2.75, 3.05) is 33.4 Å². The number of methoxy groups -OCH3 is 1. The Morgan fingerprint density at radius 3 is 2.89 bits per heavy atom. The van der Waals surface area contributed by atoms with Crippen molar-refractivity contribution < 1.29 is 14.3 Å². The van der Waals surface area contributed by atoms with Gasteiger partial charge in [0.25, 0.3) is 0 Å². The molecule has 3 aliphatic rings. The lowest BCUT2D eigenvalue weighted by Crippen LogP contribution is -2.51. The lowest BCUT2D eigenvalue weighted by Gasteiger charge is -2.36. The van der Waals surface area contributed by atoms with Crippen LogP contribution in [-0.4, -0.2) is 56.0 Å². The number of hydrogen-bond donors (Lipinski definition) is 1. The van der Waals surface area contributed by atoms with E-state index in [1.165, 1.54) is 25.7 Å². The Bertz CT molecular complexity index is 336. The summed E-state index contributed by atoms with van der Waals surface area (Å²) in [5.74, 6) is 0.822. The number of hydrogen-bond acceptors (Lipinski definition) is 4. The molecule has 3 fully saturated rings. The second kappa shape index (κ2) is 5.38. The van der Waals surface area contributed by atoms with Gasteiger partial charge in [0.15, 0.2) is 0 Å². The molecule has 0 aromatic rings. The van der Waals surface area contributed by atoms with Gasteiger partial charge in [-0.2, -0.15) is 0 Å². The standard InChI is InChI=1S/C14H24N2O3/c1-18-14(6-7-19-10-14)9-16-12(17)8-15-13(16)11-4-2-3-5-11/h11,13,15H,2-10H2,1H3. The Morgan fingerprint density at radius 2 is 2.26 bits per heavy atom. The predicted octanol–water partition coefficient (Wildman–Crippen LogP) is 0.740. The fourth-order valence-electron chi connectivity index (χ4n) is 3.69. The van der Waals surface area contributed by atoms with Gasteiger partial charge in [0.2, 0.25) is 5.91 Å². The minimum absolute atomic E-state index is 0.209. The van der Waals surface area contributed by atoms with Gasteiger partial charge >= 0.3 is 0 Å². The summed E-state index contributed by atoms with van der Waals surface area (Å²) in [4.78, 5) is 14.2. The van der Waals surface area contributed by atoms with Gasteiger partial charge in [-0.3, -0.25) is 10.1 Å². The molecule has 1 aliphatic carbocycles. The zero-order valence-corrected chi connectivity index (χ0v) is 11.7. The van der Waals surface area contributed by atoms with Crippen LogP contribution in [0.15, 0.2) is 0 Å². The molecular formula is C14H24N2O3. The molecular weight excluding hydrogens is 244 g/mol. The molecule has 2 aliphatic heterocycles. The van der Waals surface area contributed by atoms with E-state index in [4.69, 9.17) is 9.47 Å². The number of carbonyl (C=O) groups excluding carboxylic acids is 1. The first kappa shape index (κ1) is 13.3. The molecule has 0 bridgehead atoms. The van der Waals surface area contributed by atoms with E-state index >= 15 is 0 Å². The number of ether oxygens (including phenoxy) is 2. The lowest BCUT2D eigenvalue weighted by molar-refractivity contribution is -0.134. The van der Waals surface area contributed by atoms with Crippen LogP contribution in [0, 0.1) is 5.92 Å². The highest BCUT2D eigenvalue weighted by atomic mass is 16.5. The van der Waals surface area contributed by atoms with Crippen LogP contribution < -0.4 is 5.32 Å². The zero-order valence-electron chi connectivity index (χ0n) is 11.7. The number of nitrogens with zero attached hydrogens (tertiary/aromatic N) is 1. The normalized spacial score (nSPS) is 36.6. The van der Waals surface area contributed by atoms with Crippen LogP contribution >= 0.6 is 0 Å². The van der Waals surface area contributed by atoms with Crippen LogP contribution in [0.2, 0.25) is 0 Å². The molecule has 2 unspecified atom stereocenters. The maximum atomic E-state index is 12.2. The van der Waals surface area contributed by atoms with Crippen LogP contribution in [0.3, 0.4) is 0 Å². The van der Waals surface area contributed by atoms with Crippen LogP contribution in [-0.2, 0) is 14.3 Å². The topological polar surface area (TPSA) is 50.8 Å². The molecule has 1 N–H and O–H groups in total. The molecule has 2 saturated heterocycles. The first-order chi connectivity index (χ1) is 9.24. The Balaban J connectivity index is 1.71. The Labute approximate surface area is 114 Å². The van der Waals surface area contributed by atoms with E-state index in [-0.39, 0.29) is 17.7 Å². The van der Waals surface area contributed by atoms with Crippen molar-refractivity contribution in [3.8, 4) is 0 Å². The Hall–Kier alpha value is -0.650. The molecule has 1 amide bonds. The van der Waals surface area contributed by atoms with Gasteiger partial charge in [-0.1, -0.05) is 12.8 Å². The zero-order chi connectivity index (χ0) is 13.3. The molecule has 2 heterocycles. The van der Waals surface area contributed by atoms with Crippen molar-refractivity contribution in [2.24, 2.45) is 5.92 Å². The van der Waals surface area contributed by atoms with Gasteiger partial charge in [0, 0.05) is 20.1 Å². The van der Waals surface area contributed by atoms with Crippen molar-refractivity contribution in [1.29, 1.82) is 0 Å². The van der Waals surface area contributed by atoms with Crippen molar-refractivity contribution in [1.82, 2.24) is 10.2 Å². The molecule has 5 nitrogen and oxygen atoms in total. The fourth-order valence-corrected chi connectivity index (χ4v) is 3.69. The monoisotopic (exact) mass is 268 g/mol. The summed E-state index contributed by atoms with van der Waals surface area (Å²) in [7, 11) is 1.73. The molecule has 0 spiro atoms. The molecule has 0 aromatic heterocycles. The number of nitrogens with one attached hydrogen (secondary N) is 1.